The van der Waals surface area contributed by atoms with E-state index in [2.05, 4.69) is 5.32 Å². The molecule has 2 aromatic rings. The van der Waals surface area contributed by atoms with Crippen LogP contribution in [0.25, 0.3) is 17.2 Å². The molecule has 0 aliphatic carbocycles. The summed E-state index contributed by atoms with van der Waals surface area (Å²) in [5.41, 5.74) is 9.31. The lowest BCUT2D eigenvalue weighted by Gasteiger charge is -2.10. The van der Waals surface area contributed by atoms with E-state index < -0.39 is 5.91 Å². The van der Waals surface area contributed by atoms with E-state index in [1.807, 2.05) is 31.2 Å². The van der Waals surface area contributed by atoms with Crippen molar-refractivity contribution in [3.8, 4) is 16.9 Å². The summed E-state index contributed by atoms with van der Waals surface area (Å²) < 4.78 is 0. The molecule has 5 N–H and O–H groups in total. The second-order valence-electron chi connectivity index (χ2n) is 5.34. The van der Waals surface area contributed by atoms with Crippen LogP contribution in [0.15, 0.2) is 48.0 Å². The number of phenols is 1. The minimum atomic E-state index is -0.417. The number of carbonyl (C=O) groups excluding carboxylic acids is 1. The van der Waals surface area contributed by atoms with E-state index in [0.717, 1.165) is 22.3 Å². The molecule has 5 heteroatoms. The molecule has 0 unspecified atom stereocenters. The third-order valence-corrected chi connectivity index (χ3v) is 3.34. The number of aromatic hydroxyl groups is 1. The molecule has 2 aromatic carbocycles. The molecule has 1 amide bonds. The summed E-state index contributed by atoms with van der Waals surface area (Å²) in [6, 6.07) is 12.8. The van der Waals surface area contributed by atoms with Gasteiger partial charge in [0.2, 0.25) is 0 Å². The van der Waals surface area contributed by atoms with E-state index in [1.54, 1.807) is 31.2 Å². The van der Waals surface area contributed by atoms with Gasteiger partial charge in [-0.05, 0) is 48.7 Å². The molecule has 0 aliphatic rings. The van der Waals surface area contributed by atoms with Crippen molar-refractivity contribution in [3.63, 3.8) is 0 Å². The van der Waals surface area contributed by atoms with E-state index in [0.29, 0.717) is 5.57 Å². The number of guanidine groups is 1. The molecule has 0 aliphatic heterocycles. The smallest absolute Gasteiger partial charge is 0.253 e. The highest BCUT2D eigenvalue weighted by Crippen LogP contribution is 2.29. The van der Waals surface area contributed by atoms with Crippen LogP contribution in [-0.4, -0.2) is 17.0 Å². The number of phenolic OH excluding ortho intramolecular Hbond substituents is 1. The molecule has 5 nitrogen and oxygen atoms in total. The molecule has 0 spiro atoms. The summed E-state index contributed by atoms with van der Waals surface area (Å²) in [6.45, 7) is 3.64. The number of rotatable bonds is 3. The molecule has 0 heterocycles. The molecular weight excluding hydrogens is 290 g/mol. The molecule has 0 bridgehead atoms. The van der Waals surface area contributed by atoms with Crippen LogP contribution in [0.3, 0.4) is 0 Å². The van der Waals surface area contributed by atoms with Crippen molar-refractivity contribution >= 4 is 17.9 Å². The maximum atomic E-state index is 11.9. The molecule has 0 fully saturated rings. The van der Waals surface area contributed by atoms with Gasteiger partial charge in [0.25, 0.3) is 5.91 Å². The van der Waals surface area contributed by atoms with Crippen LogP contribution >= 0.6 is 0 Å². The van der Waals surface area contributed by atoms with Crippen molar-refractivity contribution in [2.75, 3.05) is 0 Å². The second kappa shape index (κ2) is 6.79. The number of amides is 1. The number of benzene rings is 2. The molecule has 0 saturated carbocycles. The Labute approximate surface area is 135 Å². The fourth-order valence-corrected chi connectivity index (χ4v) is 2.24. The predicted molar refractivity (Wildman–Crippen MR) is 92.0 cm³/mol. The van der Waals surface area contributed by atoms with Gasteiger partial charge in [0.15, 0.2) is 5.96 Å². The van der Waals surface area contributed by atoms with Crippen LogP contribution < -0.4 is 11.1 Å². The van der Waals surface area contributed by atoms with Crippen molar-refractivity contribution in [2.24, 2.45) is 5.73 Å². The average molecular weight is 309 g/mol. The largest absolute Gasteiger partial charge is 0.508 e. The van der Waals surface area contributed by atoms with Crippen LogP contribution in [0.1, 0.15) is 18.1 Å². The lowest BCUT2D eigenvalue weighted by atomic mass is 9.96. The van der Waals surface area contributed by atoms with Crippen molar-refractivity contribution in [1.82, 2.24) is 5.32 Å². The Kier molecular flexibility index (Phi) is 4.81. The van der Waals surface area contributed by atoms with Crippen LogP contribution in [0.4, 0.5) is 0 Å². The van der Waals surface area contributed by atoms with E-state index >= 15 is 0 Å². The lowest BCUT2D eigenvalue weighted by molar-refractivity contribution is -0.116. The van der Waals surface area contributed by atoms with Crippen LogP contribution in [0.2, 0.25) is 0 Å². The van der Waals surface area contributed by atoms with Crippen LogP contribution in [0, 0.1) is 12.3 Å². The Bertz CT molecular complexity index is 795. The van der Waals surface area contributed by atoms with Gasteiger partial charge in [-0.15, -0.1) is 0 Å². The van der Waals surface area contributed by atoms with Crippen LogP contribution in [-0.2, 0) is 4.79 Å². The molecule has 0 atom stereocenters. The first-order valence-electron chi connectivity index (χ1n) is 7.10. The molecule has 2 rings (SSSR count). The number of hydrogen-bond donors (Lipinski definition) is 4. The minimum absolute atomic E-state index is 0.185. The predicted octanol–water partition coefficient (Wildman–Crippen LogP) is 2.78. The summed E-state index contributed by atoms with van der Waals surface area (Å²) in [4.78, 5) is 11.9. The van der Waals surface area contributed by atoms with E-state index in [1.165, 1.54) is 0 Å². The lowest BCUT2D eigenvalue weighted by Crippen LogP contribution is -2.36. The zero-order valence-electron chi connectivity index (χ0n) is 13.1. The standard InChI is InChI=1S/C18H19N3O2/c1-11-6-7-14(9-12(2)17(23)21-18(19)20)16(8-11)13-4-3-5-15(22)10-13/h3-10,22H,1-2H3,(H4,19,20,21,23)/b12-9+. The van der Waals surface area contributed by atoms with Gasteiger partial charge in [-0.2, -0.15) is 0 Å². The first-order chi connectivity index (χ1) is 10.9. The Hall–Kier alpha value is -3.08. The number of nitrogens with two attached hydrogens (primary N) is 1. The quantitative estimate of drug-likeness (QED) is 0.398. The van der Waals surface area contributed by atoms with E-state index in [9.17, 15) is 9.90 Å². The average Bonchev–Trinajstić information content (AvgIpc) is 2.48. The number of aryl methyl sites for hydroxylation is 1. The summed E-state index contributed by atoms with van der Waals surface area (Å²) in [6.07, 6.45) is 1.73. The number of hydrogen-bond acceptors (Lipinski definition) is 3. The third kappa shape index (κ3) is 4.20. The maximum absolute atomic E-state index is 11.9. The van der Waals surface area contributed by atoms with Gasteiger partial charge in [-0.3, -0.25) is 15.5 Å². The normalized spacial score (nSPS) is 11.1. The van der Waals surface area contributed by atoms with Gasteiger partial charge in [-0.1, -0.05) is 35.9 Å². The first kappa shape index (κ1) is 16.3. The van der Waals surface area contributed by atoms with Gasteiger partial charge in [0.1, 0.15) is 5.75 Å². The molecule has 118 valence electrons. The minimum Gasteiger partial charge on any atom is -0.508 e. The summed E-state index contributed by atoms with van der Waals surface area (Å²) >= 11 is 0. The first-order valence-corrected chi connectivity index (χ1v) is 7.10. The molecule has 23 heavy (non-hydrogen) atoms. The van der Waals surface area contributed by atoms with Crippen molar-refractivity contribution < 1.29 is 9.90 Å². The van der Waals surface area contributed by atoms with Gasteiger partial charge in [0, 0.05) is 5.57 Å². The Morgan fingerprint density at radius 1 is 1.26 bits per heavy atom. The van der Waals surface area contributed by atoms with Crippen molar-refractivity contribution in [2.45, 2.75) is 13.8 Å². The maximum Gasteiger partial charge on any atom is 0.253 e. The second-order valence-corrected chi connectivity index (χ2v) is 5.34. The van der Waals surface area contributed by atoms with Gasteiger partial charge in [0.05, 0.1) is 0 Å². The monoisotopic (exact) mass is 309 g/mol. The highest BCUT2D eigenvalue weighted by molar-refractivity contribution is 6.06. The molecule has 0 aromatic heterocycles. The zero-order valence-corrected chi connectivity index (χ0v) is 13.1. The van der Waals surface area contributed by atoms with Gasteiger partial charge >= 0.3 is 0 Å². The van der Waals surface area contributed by atoms with Gasteiger partial charge < -0.3 is 10.8 Å². The van der Waals surface area contributed by atoms with Crippen molar-refractivity contribution in [1.29, 1.82) is 5.41 Å². The summed E-state index contributed by atoms with van der Waals surface area (Å²) in [5, 5.41) is 19.1. The summed E-state index contributed by atoms with van der Waals surface area (Å²) in [5.74, 6) is -0.621. The highest BCUT2D eigenvalue weighted by atomic mass is 16.3. The topological polar surface area (TPSA) is 99.2 Å². The molecule has 0 saturated heterocycles. The zero-order chi connectivity index (χ0) is 17.0. The third-order valence-electron chi connectivity index (χ3n) is 3.34. The Morgan fingerprint density at radius 2 is 2.00 bits per heavy atom. The van der Waals surface area contributed by atoms with Crippen molar-refractivity contribution in [3.05, 3.63) is 59.2 Å². The highest BCUT2D eigenvalue weighted by Gasteiger charge is 2.09. The fourth-order valence-electron chi connectivity index (χ4n) is 2.24. The number of carbonyl (C=O) groups is 1. The van der Waals surface area contributed by atoms with Crippen LogP contribution in [0.5, 0.6) is 5.75 Å². The van der Waals surface area contributed by atoms with E-state index in [-0.39, 0.29) is 11.7 Å². The van der Waals surface area contributed by atoms with Gasteiger partial charge in [-0.25, -0.2) is 0 Å². The summed E-state index contributed by atoms with van der Waals surface area (Å²) in [7, 11) is 0. The number of nitrogens with one attached hydrogen (secondary N) is 2. The Morgan fingerprint density at radius 3 is 2.65 bits per heavy atom. The Balaban J connectivity index is 2.47. The van der Waals surface area contributed by atoms with E-state index in [4.69, 9.17) is 11.1 Å². The molecule has 0 radical (unpaired) electrons. The molecular formula is C18H19N3O2. The SMILES string of the molecule is C/C(=C\c1ccc(C)cc1-c1cccc(O)c1)C(=O)NC(=N)N. The fraction of sp³-hybridized carbons (Fsp3) is 0.111.